The van der Waals surface area contributed by atoms with Crippen LogP contribution < -0.4 is 10.2 Å². The molecule has 0 saturated carbocycles. The van der Waals surface area contributed by atoms with E-state index in [9.17, 15) is 14.4 Å². The second-order valence-corrected chi connectivity index (χ2v) is 10.2. The number of nitrogens with zero attached hydrogens (tertiary/aromatic N) is 2. The molecule has 34 heavy (non-hydrogen) atoms. The van der Waals surface area contributed by atoms with E-state index in [4.69, 9.17) is 7.98 Å². The van der Waals surface area contributed by atoms with Crippen molar-refractivity contribution < 1.29 is 14.4 Å². The van der Waals surface area contributed by atoms with Gasteiger partial charge in [0.15, 0.2) is 7.98 Å². The predicted octanol–water partition coefficient (Wildman–Crippen LogP) is 3.63. The number of imide groups is 1. The first-order valence-electron chi connectivity index (χ1n) is 12.0. The molecule has 4 rings (SSSR count). The van der Waals surface area contributed by atoms with Gasteiger partial charge < -0.3 is 4.81 Å². The Morgan fingerprint density at radius 3 is 2.68 bits per heavy atom. The van der Waals surface area contributed by atoms with Gasteiger partial charge in [0.1, 0.15) is 6.04 Å². The lowest BCUT2D eigenvalue weighted by molar-refractivity contribution is -0.135. The van der Waals surface area contributed by atoms with Gasteiger partial charge in [-0.1, -0.05) is 57.7 Å². The first-order valence-corrected chi connectivity index (χ1v) is 12.0. The molecule has 2 saturated heterocycles. The molecule has 2 fully saturated rings. The number of carbonyl (C=O) groups is 3. The summed E-state index contributed by atoms with van der Waals surface area (Å²) in [5, 5.41) is 2.37. The molecule has 1 aromatic carbocycles. The van der Waals surface area contributed by atoms with Crippen molar-refractivity contribution in [3.63, 3.8) is 0 Å². The largest absolute Gasteiger partial charge is 0.351 e. The molecule has 1 N–H and O–H groups in total. The molecule has 6 nitrogen and oxygen atoms in total. The summed E-state index contributed by atoms with van der Waals surface area (Å²) in [5.74, 6) is -0.619. The molecule has 176 valence electrons. The van der Waals surface area contributed by atoms with E-state index >= 15 is 0 Å². The van der Waals surface area contributed by atoms with Gasteiger partial charge in [-0.15, -0.1) is 0 Å². The Morgan fingerprint density at radius 1 is 1.21 bits per heavy atom. The molecule has 0 aromatic heterocycles. The molecule has 3 aliphatic heterocycles. The molecule has 3 heterocycles. The van der Waals surface area contributed by atoms with Crippen LogP contribution in [0.15, 0.2) is 43.0 Å². The smallest absolute Gasteiger partial charge is 0.259 e. The second kappa shape index (κ2) is 9.38. The molecule has 0 spiro atoms. The van der Waals surface area contributed by atoms with Crippen molar-refractivity contribution >= 4 is 43.0 Å². The highest BCUT2D eigenvalue weighted by Crippen LogP contribution is 2.42. The van der Waals surface area contributed by atoms with Crippen LogP contribution in [0.25, 0.3) is 11.6 Å². The van der Waals surface area contributed by atoms with Gasteiger partial charge in [-0.25, -0.2) is 0 Å². The van der Waals surface area contributed by atoms with Gasteiger partial charge in [0.25, 0.3) is 5.91 Å². The number of benzene rings is 1. The van der Waals surface area contributed by atoms with Crippen LogP contribution in [0.5, 0.6) is 0 Å². The fourth-order valence-corrected chi connectivity index (χ4v) is 5.34. The minimum Gasteiger partial charge on any atom is -0.351 e. The van der Waals surface area contributed by atoms with Gasteiger partial charge in [-0.2, -0.15) is 0 Å². The van der Waals surface area contributed by atoms with Gasteiger partial charge in [-0.3, -0.25) is 24.6 Å². The number of piperidine rings is 1. The zero-order valence-corrected chi connectivity index (χ0v) is 20.2. The molecule has 1 aromatic rings. The number of amides is 3. The fraction of sp³-hybridized carbons (Fsp3) is 0.444. The summed E-state index contributed by atoms with van der Waals surface area (Å²) >= 11 is 0. The summed E-state index contributed by atoms with van der Waals surface area (Å²) in [7, 11) is 6.24. The van der Waals surface area contributed by atoms with Crippen molar-refractivity contribution in [2.45, 2.75) is 58.5 Å². The minimum atomic E-state index is -0.710. The van der Waals surface area contributed by atoms with E-state index in [0.29, 0.717) is 23.6 Å². The molecule has 0 aliphatic carbocycles. The van der Waals surface area contributed by atoms with Crippen LogP contribution in [0, 0.1) is 11.3 Å². The third-order valence-electron chi connectivity index (χ3n) is 7.62. The average Bonchev–Trinajstić information content (AvgIpc) is 3.02. The molecule has 3 atom stereocenters. The Kier molecular flexibility index (Phi) is 6.68. The van der Waals surface area contributed by atoms with Crippen LogP contribution >= 0.6 is 0 Å². The summed E-state index contributed by atoms with van der Waals surface area (Å²) in [4.78, 5) is 41.3. The highest BCUT2D eigenvalue weighted by Gasteiger charge is 2.42. The second-order valence-electron chi connectivity index (χ2n) is 10.2. The maximum atomic E-state index is 13.6. The third-order valence-corrected chi connectivity index (χ3v) is 7.62. The van der Waals surface area contributed by atoms with E-state index in [1.165, 1.54) is 4.90 Å². The number of anilines is 1. The molecule has 0 bridgehead atoms. The molecule has 3 unspecified atom stereocenters. The average molecular weight is 457 g/mol. The van der Waals surface area contributed by atoms with Crippen molar-refractivity contribution in [2.24, 2.45) is 11.3 Å². The number of fused-ring (bicyclic) bond motifs is 1. The fourth-order valence-electron chi connectivity index (χ4n) is 5.34. The van der Waals surface area contributed by atoms with E-state index in [-0.39, 0.29) is 29.7 Å². The maximum absolute atomic E-state index is 13.6. The summed E-state index contributed by atoms with van der Waals surface area (Å²) in [6.07, 6.45) is 10.2. The first-order chi connectivity index (χ1) is 16.1. The standard InChI is InChI=1S/C27H32BN3O3/c1-5-19-9-7-11-21-24(19)20(26(34)31(21)22-12-13-23(32)29-25(22)33)10-6-8-18-14-15-30(28)17(2)27(3,4)16-18/h5-11,17-18,22H,1,12-16H2,2-4H3,(H,29,32,33)/b8-6+,20-10+. The van der Waals surface area contributed by atoms with Crippen LogP contribution in [0.3, 0.4) is 0 Å². The summed E-state index contributed by atoms with van der Waals surface area (Å²) in [6.45, 7) is 11.4. The van der Waals surface area contributed by atoms with E-state index in [1.54, 1.807) is 6.08 Å². The van der Waals surface area contributed by atoms with E-state index < -0.39 is 11.9 Å². The van der Waals surface area contributed by atoms with Crippen LogP contribution in [0.4, 0.5) is 5.69 Å². The van der Waals surface area contributed by atoms with Crippen LogP contribution in [0.1, 0.15) is 57.6 Å². The molecular formula is C27H32BN3O3. The predicted molar refractivity (Wildman–Crippen MR) is 136 cm³/mol. The zero-order chi connectivity index (χ0) is 24.6. The van der Waals surface area contributed by atoms with Gasteiger partial charge in [0.2, 0.25) is 11.8 Å². The SMILES string of the molecule is [B]N1CCC(/C=C/C=C2/C(=O)N(C3CCC(=O)NC3=O)c3cccc(C=C)c32)CC(C)(C)C1C. The van der Waals surface area contributed by atoms with E-state index in [2.05, 4.69) is 38.7 Å². The van der Waals surface area contributed by atoms with E-state index in [0.717, 1.165) is 30.5 Å². The topological polar surface area (TPSA) is 69.7 Å². The molecule has 2 radical (unpaired) electrons. The first kappa shape index (κ1) is 24.2. The van der Waals surface area contributed by atoms with E-state index in [1.807, 2.05) is 35.2 Å². The molecule has 7 heteroatoms. The lowest BCUT2D eigenvalue weighted by Crippen LogP contribution is -2.53. The molecule has 3 amide bonds. The number of nitrogens with one attached hydrogen (secondary N) is 1. The summed E-state index contributed by atoms with van der Waals surface area (Å²) in [5.41, 5.74) is 2.90. The normalized spacial score (nSPS) is 28.8. The van der Waals surface area contributed by atoms with Gasteiger partial charge >= 0.3 is 0 Å². The van der Waals surface area contributed by atoms with Crippen molar-refractivity contribution in [3.8, 4) is 0 Å². The Balaban J connectivity index is 1.66. The number of carbonyl (C=O) groups excluding carboxylic acids is 3. The van der Waals surface area contributed by atoms with Crippen LogP contribution in [0.2, 0.25) is 0 Å². The quantitative estimate of drug-likeness (QED) is 0.426. The number of rotatable bonds is 4. The highest BCUT2D eigenvalue weighted by molar-refractivity contribution is 6.35. The summed E-state index contributed by atoms with van der Waals surface area (Å²) in [6, 6.07) is 5.19. The van der Waals surface area contributed by atoms with Gasteiger partial charge in [0, 0.05) is 23.6 Å². The Labute approximate surface area is 203 Å². The van der Waals surface area contributed by atoms with Crippen LogP contribution in [-0.2, 0) is 14.4 Å². The Morgan fingerprint density at radius 2 is 1.97 bits per heavy atom. The number of allylic oxidation sites excluding steroid dienone is 3. The maximum Gasteiger partial charge on any atom is 0.259 e. The monoisotopic (exact) mass is 457 g/mol. The summed E-state index contributed by atoms with van der Waals surface area (Å²) < 4.78 is 0. The number of hydrogen-bond acceptors (Lipinski definition) is 4. The third kappa shape index (κ3) is 4.41. The Bertz CT molecular complexity index is 1090. The molecule has 3 aliphatic rings. The molecular weight excluding hydrogens is 425 g/mol. The highest BCUT2D eigenvalue weighted by atomic mass is 16.2. The van der Waals surface area contributed by atoms with Crippen molar-refractivity contribution in [1.82, 2.24) is 10.1 Å². The number of hydrogen-bond donors (Lipinski definition) is 1. The Hall–Kier alpha value is -2.93. The lowest BCUT2D eigenvalue weighted by Gasteiger charge is -2.36. The lowest BCUT2D eigenvalue weighted by atomic mass is 9.77. The van der Waals surface area contributed by atoms with Crippen molar-refractivity contribution in [2.75, 3.05) is 11.4 Å². The van der Waals surface area contributed by atoms with Gasteiger partial charge in [-0.05, 0) is 54.8 Å². The van der Waals surface area contributed by atoms with Gasteiger partial charge in [0.05, 0.1) is 5.69 Å². The van der Waals surface area contributed by atoms with Crippen molar-refractivity contribution in [1.29, 1.82) is 0 Å². The minimum absolute atomic E-state index is 0.0712. The van der Waals surface area contributed by atoms with Crippen LogP contribution in [-0.4, -0.2) is 49.1 Å². The zero-order valence-electron chi connectivity index (χ0n) is 20.2. The van der Waals surface area contributed by atoms with Crippen molar-refractivity contribution in [3.05, 3.63) is 54.1 Å².